The molecule has 0 radical (unpaired) electrons. The van der Waals surface area contributed by atoms with Crippen molar-refractivity contribution in [3.05, 3.63) is 29.8 Å². The lowest BCUT2D eigenvalue weighted by Gasteiger charge is -2.21. The lowest BCUT2D eigenvalue weighted by Crippen LogP contribution is -2.54. The first-order chi connectivity index (χ1) is 14.2. The van der Waals surface area contributed by atoms with E-state index in [0.29, 0.717) is 13.1 Å². The van der Waals surface area contributed by atoms with Gasteiger partial charge in [-0.3, -0.25) is 20.4 Å². The van der Waals surface area contributed by atoms with E-state index in [4.69, 9.17) is 4.74 Å². The number of hydrogen-bond donors (Lipinski definition) is 3. The van der Waals surface area contributed by atoms with Crippen molar-refractivity contribution in [2.75, 3.05) is 19.7 Å². The zero-order valence-corrected chi connectivity index (χ0v) is 18.1. The van der Waals surface area contributed by atoms with Crippen LogP contribution in [0, 0.1) is 5.92 Å². The normalized spacial score (nSPS) is 15.5. The molecule has 1 heterocycles. The summed E-state index contributed by atoms with van der Waals surface area (Å²) in [6.07, 6.45) is 0.941. The van der Waals surface area contributed by atoms with E-state index in [0.717, 1.165) is 12.8 Å². The third-order valence-corrected chi connectivity index (χ3v) is 6.53. The van der Waals surface area contributed by atoms with Gasteiger partial charge in [0.25, 0.3) is 11.8 Å². The molecule has 1 aliphatic rings. The number of benzene rings is 1. The molecule has 3 N–H and O–H groups in total. The van der Waals surface area contributed by atoms with Crippen LogP contribution in [-0.4, -0.2) is 56.4 Å². The highest BCUT2D eigenvalue weighted by Crippen LogP contribution is 2.21. The van der Waals surface area contributed by atoms with E-state index in [9.17, 15) is 22.8 Å². The minimum absolute atomic E-state index is 0.114. The number of hydrazine groups is 1. The molecule has 0 bridgehead atoms. The smallest absolute Gasteiger partial charge is 0.407 e. The van der Waals surface area contributed by atoms with Crippen molar-refractivity contribution in [2.24, 2.45) is 5.92 Å². The Balaban J connectivity index is 1.97. The fraction of sp³-hybridized carbons (Fsp3) is 0.526. The van der Waals surface area contributed by atoms with Crippen LogP contribution >= 0.6 is 0 Å². The average Bonchev–Trinajstić information content (AvgIpc) is 3.26. The molecule has 0 aromatic heterocycles. The molecule has 1 fully saturated rings. The van der Waals surface area contributed by atoms with Crippen molar-refractivity contribution in [1.82, 2.24) is 20.5 Å². The summed E-state index contributed by atoms with van der Waals surface area (Å²) < 4.78 is 31.3. The molecule has 1 aliphatic heterocycles. The molecule has 166 valence electrons. The van der Waals surface area contributed by atoms with E-state index in [1.54, 1.807) is 20.8 Å². The van der Waals surface area contributed by atoms with Crippen LogP contribution in [0.1, 0.15) is 44.0 Å². The zero-order chi connectivity index (χ0) is 22.3. The number of amides is 3. The molecule has 2 rings (SSSR count). The molecule has 1 unspecified atom stereocenters. The summed E-state index contributed by atoms with van der Waals surface area (Å²) in [5.41, 5.74) is 4.70. The molecule has 10 nitrogen and oxygen atoms in total. The van der Waals surface area contributed by atoms with E-state index in [1.807, 2.05) is 0 Å². The first-order valence-corrected chi connectivity index (χ1v) is 11.2. The third-order valence-electron chi connectivity index (χ3n) is 4.62. The average molecular weight is 441 g/mol. The van der Waals surface area contributed by atoms with Gasteiger partial charge in [0, 0.05) is 18.7 Å². The first kappa shape index (κ1) is 23.6. The Hall–Kier alpha value is -2.66. The fourth-order valence-corrected chi connectivity index (χ4v) is 4.48. The Labute approximate surface area is 176 Å². The summed E-state index contributed by atoms with van der Waals surface area (Å²) in [4.78, 5) is 36.3. The number of nitrogens with zero attached hydrogens (tertiary/aromatic N) is 1. The van der Waals surface area contributed by atoms with Crippen molar-refractivity contribution in [3.8, 4) is 0 Å². The number of sulfonamides is 1. The summed E-state index contributed by atoms with van der Waals surface area (Å²) in [7, 11) is -3.56. The summed E-state index contributed by atoms with van der Waals surface area (Å²) in [6.45, 7) is 6.26. The van der Waals surface area contributed by atoms with Crippen molar-refractivity contribution in [3.63, 3.8) is 0 Å². The largest absolute Gasteiger partial charge is 0.450 e. The van der Waals surface area contributed by atoms with Gasteiger partial charge in [0.2, 0.25) is 10.0 Å². The van der Waals surface area contributed by atoms with E-state index in [-0.39, 0.29) is 23.0 Å². The second-order valence-corrected chi connectivity index (χ2v) is 9.10. The second kappa shape index (κ2) is 10.4. The number of rotatable bonds is 7. The number of hydrogen-bond acceptors (Lipinski definition) is 6. The van der Waals surface area contributed by atoms with Crippen LogP contribution in [-0.2, 0) is 19.6 Å². The molecule has 1 saturated heterocycles. The molecular formula is C19H28N4O6S. The summed E-state index contributed by atoms with van der Waals surface area (Å²) in [5.74, 6) is -1.48. The van der Waals surface area contributed by atoms with Crippen LogP contribution in [0.25, 0.3) is 0 Å². The number of carbonyl (C=O) groups is 3. The maximum atomic E-state index is 12.5. The Morgan fingerprint density at radius 2 is 1.67 bits per heavy atom. The minimum atomic E-state index is -3.56. The van der Waals surface area contributed by atoms with E-state index in [2.05, 4.69) is 16.2 Å². The van der Waals surface area contributed by atoms with Gasteiger partial charge in [-0.15, -0.1) is 0 Å². The highest BCUT2D eigenvalue weighted by molar-refractivity contribution is 7.89. The van der Waals surface area contributed by atoms with Crippen LogP contribution < -0.4 is 16.2 Å². The SMILES string of the molecule is CCOC(=O)NC(C(=O)NNC(=O)c1ccc(S(=O)(=O)N2CCCC2)cc1)C(C)C. The van der Waals surface area contributed by atoms with Crippen molar-refractivity contribution in [2.45, 2.75) is 44.6 Å². The number of ether oxygens (including phenoxy) is 1. The van der Waals surface area contributed by atoms with Gasteiger partial charge in [0.05, 0.1) is 11.5 Å². The van der Waals surface area contributed by atoms with E-state index < -0.39 is 34.0 Å². The maximum absolute atomic E-state index is 12.5. The molecule has 1 aromatic carbocycles. The predicted molar refractivity (Wildman–Crippen MR) is 109 cm³/mol. The topological polar surface area (TPSA) is 134 Å². The first-order valence-electron chi connectivity index (χ1n) is 9.80. The summed E-state index contributed by atoms with van der Waals surface area (Å²) in [6, 6.07) is 4.58. The molecule has 0 aliphatic carbocycles. The number of carbonyl (C=O) groups excluding carboxylic acids is 3. The lowest BCUT2D eigenvalue weighted by atomic mass is 10.0. The highest BCUT2D eigenvalue weighted by atomic mass is 32.2. The number of alkyl carbamates (subject to hydrolysis) is 1. The van der Waals surface area contributed by atoms with Crippen molar-refractivity contribution in [1.29, 1.82) is 0 Å². The van der Waals surface area contributed by atoms with Crippen LogP contribution in [0.15, 0.2) is 29.2 Å². The summed E-state index contributed by atoms with van der Waals surface area (Å²) in [5, 5.41) is 2.44. The van der Waals surface area contributed by atoms with Gasteiger partial charge in [0.1, 0.15) is 6.04 Å². The molecule has 1 atom stereocenters. The van der Waals surface area contributed by atoms with Gasteiger partial charge in [-0.25, -0.2) is 13.2 Å². The Morgan fingerprint density at radius 3 is 2.20 bits per heavy atom. The van der Waals surface area contributed by atoms with Gasteiger partial charge in [-0.2, -0.15) is 4.31 Å². The third kappa shape index (κ3) is 5.92. The molecule has 3 amide bonds. The fourth-order valence-electron chi connectivity index (χ4n) is 2.96. The molecule has 1 aromatic rings. The van der Waals surface area contributed by atoms with E-state index >= 15 is 0 Å². The Morgan fingerprint density at radius 1 is 1.07 bits per heavy atom. The maximum Gasteiger partial charge on any atom is 0.407 e. The van der Waals surface area contributed by atoms with Gasteiger partial charge < -0.3 is 10.1 Å². The van der Waals surface area contributed by atoms with Crippen LogP contribution in [0.2, 0.25) is 0 Å². The van der Waals surface area contributed by atoms with Crippen LogP contribution in [0.3, 0.4) is 0 Å². The van der Waals surface area contributed by atoms with Gasteiger partial charge >= 0.3 is 6.09 Å². The van der Waals surface area contributed by atoms with Crippen LogP contribution in [0.4, 0.5) is 4.79 Å². The molecule has 0 spiro atoms. The van der Waals surface area contributed by atoms with Crippen LogP contribution in [0.5, 0.6) is 0 Å². The molecule has 11 heteroatoms. The second-order valence-electron chi connectivity index (χ2n) is 7.17. The van der Waals surface area contributed by atoms with Gasteiger partial charge in [-0.1, -0.05) is 13.8 Å². The van der Waals surface area contributed by atoms with Gasteiger partial charge in [-0.05, 0) is 49.9 Å². The van der Waals surface area contributed by atoms with E-state index in [1.165, 1.54) is 28.6 Å². The quantitative estimate of drug-likeness (QED) is 0.542. The molecular weight excluding hydrogens is 412 g/mol. The highest BCUT2D eigenvalue weighted by Gasteiger charge is 2.28. The monoisotopic (exact) mass is 440 g/mol. The minimum Gasteiger partial charge on any atom is -0.450 e. The number of nitrogens with one attached hydrogen (secondary N) is 3. The van der Waals surface area contributed by atoms with Crippen molar-refractivity contribution < 1.29 is 27.5 Å². The Kier molecular flexibility index (Phi) is 8.18. The standard InChI is InChI=1S/C19H28N4O6S/c1-4-29-19(26)20-16(13(2)3)18(25)22-21-17(24)14-7-9-15(10-8-14)30(27,28)23-11-5-6-12-23/h7-10,13,16H,4-6,11-12H2,1-3H3,(H,20,26)(H,21,24)(H,22,25). The molecule has 0 saturated carbocycles. The van der Waals surface area contributed by atoms with Gasteiger partial charge in [0.15, 0.2) is 0 Å². The predicted octanol–water partition coefficient (Wildman–Crippen LogP) is 1.00. The lowest BCUT2D eigenvalue weighted by molar-refractivity contribution is -0.124. The Bertz CT molecular complexity index is 864. The zero-order valence-electron chi connectivity index (χ0n) is 17.3. The van der Waals surface area contributed by atoms with Crippen molar-refractivity contribution >= 4 is 27.9 Å². The summed E-state index contributed by atoms with van der Waals surface area (Å²) >= 11 is 0. The molecule has 30 heavy (non-hydrogen) atoms.